The SMILES string of the molecule is CCC1C(=O)NC(C)(C2CC2)C(=O)N1Cc1cnn(C)c1. The van der Waals surface area contributed by atoms with Crippen LogP contribution in [0, 0.1) is 5.92 Å². The quantitative estimate of drug-likeness (QED) is 0.893. The number of hydrogen-bond acceptors (Lipinski definition) is 3. The van der Waals surface area contributed by atoms with Gasteiger partial charge in [-0.1, -0.05) is 6.92 Å². The van der Waals surface area contributed by atoms with Crippen molar-refractivity contribution in [1.29, 1.82) is 0 Å². The van der Waals surface area contributed by atoms with Gasteiger partial charge in [-0.3, -0.25) is 14.3 Å². The highest BCUT2D eigenvalue weighted by molar-refractivity contribution is 6.00. The van der Waals surface area contributed by atoms with Gasteiger partial charge in [0, 0.05) is 25.4 Å². The summed E-state index contributed by atoms with van der Waals surface area (Å²) in [6, 6.07) is -0.385. The minimum atomic E-state index is -0.731. The van der Waals surface area contributed by atoms with Gasteiger partial charge in [-0.2, -0.15) is 5.10 Å². The maximum atomic E-state index is 12.9. The number of carbonyl (C=O) groups is 2. The molecule has 0 bridgehead atoms. The van der Waals surface area contributed by atoms with Crippen LogP contribution in [0.1, 0.15) is 38.7 Å². The molecule has 0 aromatic carbocycles. The molecule has 1 N–H and O–H groups in total. The Labute approximate surface area is 124 Å². The summed E-state index contributed by atoms with van der Waals surface area (Å²) >= 11 is 0. The van der Waals surface area contributed by atoms with Gasteiger partial charge < -0.3 is 10.2 Å². The molecule has 1 aromatic rings. The molecule has 0 spiro atoms. The average molecular weight is 290 g/mol. The van der Waals surface area contributed by atoms with Crippen LogP contribution in [-0.2, 0) is 23.2 Å². The van der Waals surface area contributed by atoms with Crippen LogP contribution in [0.25, 0.3) is 0 Å². The zero-order chi connectivity index (χ0) is 15.2. The Morgan fingerprint density at radius 3 is 2.67 bits per heavy atom. The largest absolute Gasteiger partial charge is 0.340 e. The van der Waals surface area contributed by atoms with Crippen LogP contribution in [0.4, 0.5) is 0 Å². The molecule has 3 rings (SSSR count). The van der Waals surface area contributed by atoms with E-state index in [2.05, 4.69) is 10.4 Å². The maximum Gasteiger partial charge on any atom is 0.249 e. The molecule has 2 atom stereocenters. The molecule has 1 aliphatic carbocycles. The van der Waals surface area contributed by atoms with Gasteiger partial charge in [0.15, 0.2) is 0 Å². The lowest BCUT2D eigenvalue weighted by Crippen LogP contribution is -2.69. The molecule has 1 aromatic heterocycles. The second-order valence-electron chi connectivity index (χ2n) is 6.35. The van der Waals surface area contributed by atoms with E-state index >= 15 is 0 Å². The van der Waals surface area contributed by atoms with Crippen molar-refractivity contribution < 1.29 is 9.59 Å². The number of hydrogen-bond donors (Lipinski definition) is 1. The lowest BCUT2D eigenvalue weighted by Gasteiger charge is -2.44. The number of piperazine rings is 1. The van der Waals surface area contributed by atoms with E-state index in [1.807, 2.05) is 27.1 Å². The molecular weight excluding hydrogens is 268 g/mol. The number of aryl methyl sites for hydroxylation is 1. The highest BCUT2D eigenvalue weighted by Gasteiger charge is 2.54. The van der Waals surface area contributed by atoms with Crippen LogP contribution in [0.3, 0.4) is 0 Å². The summed E-state index contributed by atoms with van der Waals surface area (Å²) in [7, 11) is 1.85. The molecule has 114 valence electrons. The topological polar surface area (TPSA) is 67.2 Å². The van der Waals surface area contributed by atoms with Gasteiger partial charge in [0.2, 0.25) is 11.8 Å². The van der Waals surface area contributed by atoms with Crippen LogP contribution in [0.5, 0.6) is 0 Å². The van der Waals surface area contributed by atoms with Crippen molar-refractivity contribution in [3.05, 3.63) is 18.0 Å². The number of amides is 2. The summed E-state index contributed by atoms with van der Waals surface area (Å²) in [5, 5.41) is 7.11. The molecule has 21 heavy (non-hydrogen) atoms. The predicted molar refractivity (Wildman–Crippen MR) is 77.1 cm³/mol. The van der Waals surface area contributed by atoms with Gasteiger partial charge >= 0.3 is 0 Å². The number of aromatic nitrogens is 2. The Hall–Kier alpha value is -1.85. The maximum absolute atomic E-state index is 12.9. The zero-order valence-electron chi connectivity index (χ0n) is 12.8. The van der Waals surface area contributed by atoms with Gasteiger partial charge in [0.05, 0.1) is 6.20 Å². The van der Waals surface area contributed by atoms with E-state index in [-0.39, 0.29) is 23.8 Å². The fraction of sp³-hybridized carbons (Fsp3) is 0.667. The highest BCUT2D eigenvalue weighted by atomic mass is 16.2. The number of rotatable bonds is 4. The van der Waals surface area contributed by atoms with Gasteiger partial charge in [-0.25, -0.2) is 0 Å². The monoisotopic (exact) mass is 290 g/mol. The van der Waals surface area contributed by atoms with Crippen molar-refractivity contribution in [2.24, 2.45) is 13.0 Å². The number of carbonyl (C=O) groups excluding carboxylic acids is 2. The summed E-state index contributed by atoms with van der Waals surface area (Å²) in [5.74, 6) is 0.291. The Kier molecular flexibility index (Phi) is 3.26. The lowest BCUT2D eigenvalue weighted by atomic mass is 9.88. The van der Waals surface area contributed by atoms with Gasteiger partial charge in [-0.05, 0) is 32.1 Å². The standard InChI is InChI=1S/C15H22N4O2/c1-4-12-13(20)17-15(2,11-5-6-11)14(21)19(12)9-10-7-16-18(3)8-10/h7-8,11-12H,4-6,9H2,1-3H3,(H,17,20). The minimum Gasteiger partial charge on any atom is -0.340 e. The third kappa shape index (κ3) is 2.32. The molecule has 2 heterocycles. The second kappa shape index (κ2) is 4.86. The molecule has 6 heteroatoms. The first kappa shape index (κ1) is 14.1. The van der Waals surface area contributed by atoms with E-state index < -0.39 is 5.54 Å². The second-order valence-corrected chi connectivity index (χ2v) is 6.35. The molecule has 2 amide bonds. The third-order valence-corrected chi connectivity index (χ3v) is 4.66. The first-order valence-electron chi connectivity index (χ1n) is 7.56. The van der Waals surface area contributed by atoms with Crippen LogP contribution in [0.2, 0.25) is 0 Å². The molecule has 0 radical (unpaired) electrons. The smallest absolute Gasteiger partial charge is 0.249 e. The molecule has 6 nitrogen and oxygen atoms in total. The third-order valence-electron chi connectivity index (χ3n) is 4.66. The van der Waals surface area contributed by atoms with Crippen molar-refractivity contribution in [3.8, 4) is 0 Å². The Bertz CT molecular complexity index is 578. The molecule has 2 fully saturated rings. The van der Waals surface area contributed by atoms with Crippen LogP contribution in [0.15, 0.2) is 12.4 Å². The van der Waals surface area contributed by atoms with Gasteiger partial charge in [0.25, 0.3) is 0 Å². The fourth-order valence-corrected chi connectivity index (χ4v) is 3.25. The predicted octanol–water partition coefficient (Wildman–Crippen LogP) is 0.826. The fourth-order valence-electron chi connectivity index (χ4n) is 3.25. The summed E-state index contributed by atoms with van der Waals surface area (Å²) in [6.45, 7) is 4.25. The van der Waals surface area contributed by atoms with Crippen molar-refractivity contribution in [2.75, 3.05) is 0 Å². The van der Waals surface area contributed by atoms with E-state index in [0.717, 1.165) is 18.4 Å². The first-order chi connectivity index (χ1) is 9.95. The zero-order valence-corrected chi connectivity index (χ0v) is 12.8. The lowest BCUT2D eigenvalue weighted by molar-refractivity contribution is -0.156. The van der Waals surface area contributed by atoms with E-state index in [1.54, 1.807) is 15.8 Å². The molecule has 1 aliphatic heterocycles. The summed E-state index contributed by atoms with van der Waals surface area (Å²) in [6.07, 6.45) is 6.29. The summed E-state index contributed by atoms with van der Waals surface area (Å²) in [5.41, 5.74) is 0.225. The Morgan fingerprint density at radius 1 is 1.43 bits per heavy atom. The molecule has 2 unspecified atom stereocenters. The van der Waals surface area contributed by atoms with Crippen molar-refractivity contribution in [3.63, 3.8) is 0 Å². The Morgan fingerprint density at radius 2 is 2.14 bits per heavy atom. The molecule has 2 aliphatic rings. The van der Waals surface area contributed by atoms with E-state index in [4.69, 9.17) is 0 Å². The van der Waals surface area contributed by atoms with Crippen molar-refractivity contribution >= 4 is 11.8 Å². The number of nitrogens with one attached hydrogen (secondary N) is 1. The highest BCUT2D eigenvalue weighted by Crippen LogP contribution is 2.42. The molecule has 1 saturated heterocycles. The summed E-state index contributed by atoms with van der Waals surface area (Å²) < 4.78 is 1.71. The molecular formula is C15H22N4O2. The average Bonchev–Trinajstić information content (AvgIpc) is 3.21. The Balaban J connectivity index is 1.89. The van der Waals surface area contributed by atoms with Crippen LogP contribution in [-0.4, -0.2) is 38.1 Å². The van der Waals surface area contributed by atoms with E-state index in [9.17, 15) is 9.59 Å². The first-order valence-corrected chi connectivity index (χ1v) is 7.56. The summed E-state index contributed by atoms with van der Waals surface area (Å²) in [4.78, 5) is 27.1. The van der Waals surface area contributed by atoms with Crippen LogP contribution >= 0.6 is 0 Å². The normalized spacial score (nSPS) is 29.7. The van der Waals surface area contributed by atoms with Gasteiger partial charge in [-0.15, -0.1) is 0 Å². The van der Waals surface area contributed by atoms with Gasteiger partial charge in [0.1, 0.15) is 11.6 Å². The molecule has 1 saturated carbocycles. The van der Waals surface area contributed by atoms with Crippen LogP contribution < -0.4 is 5.32 Å². The number of nitrogens with zero attached hydrogens (tertiary/aromatic N) is 3. The van der Waals surface area contributed by atoms with E-state index in [1.165, 1.54) is 0 Å². The van der Waals surface area contributed by atoms with Crippen molar-refractivity contribution in [2.45, 2.75) is 51.2 Å². The van der Waals surface area contributed by atoms with Crippen molar-refractivity contribution in [1.82, 2.24) is 20.0 Å². The minimum absolute atomic E-state index is 0.0320. The van der Waals surface area contributed by atoms with E-state index in [0.29, 0.717) is 13.0 Å².